The number of anilines is 1. The lowest BCUT2D eigenvalue weighted by atomic mass is 9.97. The van der Waals surface area contributed by atoms with Crippen molar-refractivity contribution in [3.8, 4) is 22.7 Å². The van der Waals surface area contributed by atoms with E-state index in [1.165, 1.54) is 19.2 Å². The first-order valence-electron chi connectivity index (χ1n) is 11.5. The average molecular weight is 513 g/mol. The second-order valence-corrected chi connectivity index (χ2v) is 9.94. The zero-order valence-corrected chi connectivity index (χ0v) is 21.1. The number of aliphatic carboxylic acids is 1. The number of fused-ring (bicyclic) bond motifs is 2. The molecule has 1 aromatic heterocycles. The van der Waals surface area contributed by atoms with Gasteiger partial charge in [0.25, 0.3) is 10.1 Å². The number of hydrogen-bond acceptors (Lipinski definition) is 7. The molecule has 0 bridgehead atoms. The minimum atomic E-state index is -4.55. The number of imidazole rings is 1. The molecule has 0 unspecified atom stereocenters. The summed E-state index contributed by atoms with van der Waals surface area (Å²) in [5, 5.41) is 12.8. The van der Waals surface area contributed by atoms with E-state index >= 15 is 0 Å². The maximum absolute atomic E-state index is 12.2. The molecular weight excluding hydrogens is 484 g/mol. The van der Waals surface area contributed by atoms with Gasteiger partial charge in [0.15, 0.2) is 0 Å². The average Bonchev–Trinajstić information content (AvgIpc) is 3.28. The van der Waals surface area contributed by atoms with E-state index in [0.29, 0.717) is 41.3 Å². The van der Waals surface area contributed by atoms with Gasteiger partial charge in [0.05, 0.1) is 5.36 Å². The van der Waals surface area contributed by atoms with Gasteiger partial charge >= 0.3 is 5.97 Å². The second-order valence-electron chi connectivity index (χ2n) is 8.55. The Bertz CT molecular complexity index is 1590. The lowest BCUT2D eigenvalue weighted by Crippen LogP contribution is -2.16. The minimum absolute atomic E-state index is 0.0850. The number of carboxylic acid groups (broad SMARTS) is 1. The van der Waals surface area contributed by atoms with Gasteiger partial charge in [-0.2, -0.15) is 8.42 Å². The zero-order valence-electron chi connectivity index (χ0n) is 20.3. The molecule has 1 aliphatic heterocycles. The van der Waals surface area contributed by atoms with E-state index in [4.69, 9.17) is 9.52 Å². The fraction of sp³-hybridized carbons (Fsp3) is 0.320. The third-order valence-corrected chi connectivity index (χ3v) is 7.05. The highest BCUT2D eigenvalue weighted by molar-refractivity contribution is 7.85. The Hall–Kier alpha value is -3.70. The first-order valence-corrected chi connectivity index (χ1v) is 12.9. The molecular formula is C25H28N4O6S. The molecule has 36 heavy (non-hydrogen) atoms. The zero-order chi connectivity index (χ0) is 26.0. The van der Waals surface area contributed by atoms with Crippen LogP contribution in [0.1, 0.15) is 31.2 Å². The molecule has 1 aliphatic carbocycles. The van der Waals surface area contributed by atoms with Crippen molar-refractivity contribution in [3.05, 3.63) is 47.6 Å². The van der Waals surface area contributed by atoms with E-state index in [1.54, 1.807) is 6.20 Å². The van der Waals surface area contributed by atoms with Gasteiger partial charge < -0.3 is 19.4 Å². The summed E-state index contributed by atoms with van der Waals surface area (Å²) in [4.78, 5) is 19.1. The normalized spacial score (nSPS) is 12.5. The predicted molar refractivity (Wildman–Crippen MR) is 136 cm³/mol. The van der Waals surface area contributed by atoms with Gasteiger partial charge in [0.1, 0.15) is 22.1 Å². The van der Waals surface area contributed by atoms with Crippen molar-refractivity contribution < 1.29 is 27.3 Å². The number of benzene rings is 2. The molecule has 11 heteroatoms. The van der Waals surface area contributed by atoms with Crippen LogP contribution < -0.4 is 10.7 Å². The van der Waals surface area contributed by atoms with Crippen LogP contribution >= 0.6 is 0 Å². The van der Waals surface area contributed by atoms with Crippen LogP contribution in [-0.2, 0) is 21.5 Å². The van der Waals surface area contributed by atoms with Crippen molar-refractivity contribution >= 4 is 32.7 Å². The summed E-state index contributed by atoms with van der Waals surface area (Å²) in [5.41, 5.74) is 3.55. The standard InChI is InChI=1S/C25H28N4O6S/c1-15-11-16-20(13-18(15)26-2)35-21-14-19(27-3)22(36(32,33)34)12-17(21)24(16)25-28-8-10-29(25)9-6-4-5-7-23(30)31/h8,10-14,26H,4-7,9H2,1-3H3,(H,30,31)(H,32,33,34)/b27-19+. The molecule has 0 atom stereocenters. The molecule has 1 aromatic carbocycles. The van der Waals surface area contributed by atoms with Crippen molar-refractivity contribution in [3.63, 3.8) is 0 Å². The summed E-state index contributed by atoms with van der Waals surface area (Å²) in [6, 6.07) is 6.71. The Morgan fingerprint density at radius 1 is 1.19 bits per heavy atom. The van der Waals surface area contributed by atoms with Crippen molar-refractivity contribution in [2.24, 2.45) is 4.99 Å². The molecule has 0 saturated heterocycles. The molecule has 10 nitrogen and oxygen atoms in total. The highest BCUT2D eigenvalue weighted by Crippen LogP contribution is 2.41. The maximum atomic E-state index is 12.2. The second kappa shape index (κ2) is 10.1. The summed E-state index contributed by atoms with van der Waals surface area (Å²) >= 11 is 0. The van der Waals surface area contributed by atoms with Crippen molar-refractivity contribution in [2.75, 3.05) is 19.4 Å². The van der Waals surface area contributed by atoms with E-state index in [1.807, 2.05) is 36.9 Å². The summed E-state index contributed by atoms with van der Waals surface area (Å²) in [6.45, 7) is 2.56. The van der Waals surface area contributed by atoms with Crippen LogP contribution in [0.25, 0.3) is 33.7 Å². The number of unbranched alkanes of at least 4 members (excludes halogenated alkanes) is 2. The van der Waals surface area contributed by atoms with E-state index in [0.717, 1.165) is 29.5 Å². The Balaban J connectivity index is 1.96. The van der Waals surface area contributed by atoms with Gasteiger partial charge in [-0.05, 0) is 37.5 Å². The Kier molecular flexibility index (Phi) is 7.14. The molecule has 0 fully saturated rings. The van der Waals surface area contributed by atoms with E-state index in [-0.39, 0.29) is 16.7 Å². The van der Waals surface area contributed by atoms with Crippen LogP contribution in [-0.4, -0.2) is 47.7 Å². The molecule has 2 heterocycles. The smallest absolute Gasteiger partial charge is 0.303 e. The Morgan fingerprint density at radius 3 is 2.64 bits per heavy atom. The third-order valence-electron chi connectivity index (χ3n) is 6.16. The first kappa shape index (κ1) is 25.4. The fourth-order valence-corrected chi connectivity index (χ4v) is 5.09. The molecule has 2 aromatic rings. The molecule has 0 spiro atoms. The molecule has 0 amide bonds. The van der Waals surface area contributed by atoms with E-state index in [2.05, 4.69) is 15.3 Å². The van der Waals surface area contributed by atoms with Crippen LogP contribution in [0.5, 0.6) is 0 Å². The van der Waals surface area contributed by atoms with Crippen molar-refractivity contribution in [1.29, 1.82) is 0 Å². The molecule has 0 radical (unpaired) electrons. The number of aromatic nitrogens is 2. The largest absolute Gasteiger partial charge is 0.481 e. The molecule has 2 aliphatic rings. The maximum Gasteiger partial charge on any atom is 0.303 e. The fourth-order valence-electron chi connectivity index (χ4n) is 4.40. The first-order chi connectivity index (χ1) is 17.1. The van der Waals surface area contributed by atoms with E-state index < -0.39 is 16.1 Å². The van der Waals surface area contributed by atoms with Gasteiger partial charge in [-0.1, -0.05) is 6.42 Å². The highest BCUT2D eigenvalue weighted by Gasteiger charge is 2.25. The van der Waals surface area contributed by atoms with Crippen LogP contribution in [0, 0.1) is 6.92 Å². The van der Waals surface area contributed by atoms with Crippen LogP contribution in [0.15, 0.2) is 51.0 Å². The molecule has 3 N–H and O–H groups in total. The van der Waals surface area contributed by atoms with Crippen LogP contribution in [0.4, 0.5) is 5.69 Å². The molecule has 190 valence electrons. The van der Waals surface area contributed by atoms with Crippen LogP contribution in [0.2, 0.25) is 0 Å². The Labute approximate surface area is 208 Å². The van der Waals surface area contributed by atoms with E-state index in [9.17, 15) is 17.8 Å². The minimum Gasteiger partial charge on any atom is -0.481 e. The quantitative estimate of drug-likeness (QED) is 0.172. The number of hydrogen-bond donors (Lipinski definition) is 3. The number of nitrogens with one attached hydrogen (secondary N) is 1. The van der Waals surface area contributed by atoms with Crippen LogP contribution in [0.3, 0.4) is 0 Å². The van der Waals surface area contributed by atoms with Gasteiger partial charge in [0, 0.05) is 73.8 Å². The van der Waals surface area contributed by atoms with Crippen molar-refractivity contribution in [1.82, 2.24) is 9.55 Å². The summed E-state index contributed by atoms with van der Waals surface area (Å²) in [7, 11) is -1.29. The lowest BCUT2D eigenvalue weighted by Gasteiger charge is -2.18. The molecule has 0 saturated carbocycles. The summed E-state index contributed by atoms with van der Waals surface area (Å²) in [5.74, 6) is 0.193. The third kappa shape index (κ3) is 4.98. The van der Waals surface area contributed by atoms with Crippen molar-refractivity contribution in [2.45, 2.75) is 44.0 Å². The molecule has 4 rings (SSSR count). The lowest BCUT2D eigenvalue weighted by molar-refractivity contribution is -0.137. The number of rotatable bonds is 9. The monoisotopic (exact) mass is 512 g/mol. The SMILES string of the molecule is C/N=c1\cc2oc3cc(NC)c(C)cc3c(-c3nccn3CCCCCC(=O)O)c-2cc1S(=O)(=O)O. The number of carbonyl (C=O) groups is 1. The highest BCUT2D eigenvalue weighted by atomic mass is 32.2. The predicted octanol–water partition coefficient (Wildman–Crippen LogP) is 4.17. The van der Waals surface area contributed by atoms with Gasteiger partial charge in [0.2, 0.25) is 0 Å². The topological polar surface area (TPSA) is 147 Å². The number of nitrogens with zero attached hydrogens (tertiary/aromatic N) is 3. The van der Waals surface area contributed by atoms with Gasteiger partial charge in [-0.3, -0.25) is 14.3 Å². The number of aryl methyl sites for hydroxylation is 2. The van der Waals surface area contributed by atoms with Gasteiger partial charge in [-0.25, -0.2) is 4.98 Å². The Morgan fingerprint density at radius 2 is 1.97 bits per heavy atom. The van der Waals surface area contributed by atoms with Gasteiger partial charge in [-0.15, -0.1) is 0 Å². The number of carboxylic acids is 1. The summed E-state index contributed by atoms with van der Waals surface area (Å²) < 4.78 is 42.4. The summed E-state index contributed by atoms with van der Waals surface area (Å²) in [6.07, 6.45) is 5.71.